The van der Waals surface area contributed by atoms with Crippen molar-refractivity contribution in [3.8, 4) is 5.75 Å². The fourth-order valence-corrected chi connectivity index (χ4v) is 3.23. The van der Waals surface area contributed by atoms with Crippen molar-refractivity contribution in [2.24, 2.45) is 0 Å². The number of hydrogen-bond donors (Lipinski definition) is 0. The van der Waals surface area contributed by atoms with Crippen molar-refractivity contribution in [2.45, 2.75) is 31.5 Å². The van der Waals surface area contributed by atoms with Gasteiger partial charge in [-0.15, -0.1) is 13.2 Å². The molecule has 0 heterocycles. The molecule has 0 radical (unpaired) electrons. The van der Waals surface area contributed by atoms with Gasteiger partial charge in [0.05, 0.1) is 0 Å². The molecule has 6 heteroatoms. The first-order chi connectivity index (χ1) is 11.8. The van der Waals surface area contributed by atoms with E-state index < -0.39 is 17.9 Å². The van der Waals surface area contributed by atoms with Gasteiger partial charge in [0, 0.05) is 0 Å². The van der Waals surface area contributed by atoms with Crippen LogP contribution in [0.25, 0.3) is 6.08 Å². The quantitative estimate of drug-likeness (QED) is 0.635. The minimum Gasteiger partial charge on any atom is -0.403 e. The smallest absolute Gasteiger partial charge is 0.403 e. The van der Waals surface area contributed by atoms with E-state index in [4.69, 9.17) is 0 Å². The predicted octanol–water partition coefficient (Wildman–Crippen LogP) is 5.78. The second-order valence-corrected chi connectivity index (χ2v) is 6.02. The summed E-state index contributed by atoms with van der Waals surface area (Å²) in [6.07, 6.45) is -2.04. The van der Waals surface area contributed by atoms with E-state index in [0.29, 0.717) is 41.5 Å². The highest BCUT2D eigenvalue weighted by atomic mass is 19.4. The minimum absolute atomic E-state index is 0.153. The lowest BCUT2D eigenvalue weighted by molar-refractivity contribution is -0.275. The normalized spacial score (nSPS) is 17.1. The van der Waals surface area contributed by atoms with E-state index in [1.54, 1.807) is 18.2 Å². The van der Waals surface area contributed by atoms with Gasteiger partial charge in [-0.3, -0.25) is 0 Å². The highest BCUT2D eigenvalue weighted by Gasteiger charge is 2.33. The third-order valence-corrected chi connectivity index (χ3v) is 4.41. The van der Waals surface area contributed by atoms with Crippen LogP contribution in [0.1, 0.15) is 34.6 Å². The lowest BCUT2D eigenvalue weighted by Crippen LogP contribution is -2.19. The molecule has 0 bridgehead atoms. The van der Waals surface area contributed by atoms with Gasteiger partial charge in [0.1, 0.15) is 5.82 Å². The second kappa shape index (κ2) is 6.50. The lowest BCUT2D eigenvalue weighted by atomic mass is 9.79. The highest BCUT2D eigenvalue weighted by molar-refractivity contribution is 5.48. The van der Waals surface area contributed by atoms with Gasteiger partial charge >= 0.3 is 6.36 Å². The number of alkyl halides is 3. The standard InChI is InChI=1S/C19H15F5O/c1-2-11-3-6-15(16(20)7-11)13-5-4-12-10-18(25-19(22,23)24)17(21)9-14(12)8-13/h2-3,6-7,9-10,13H,1,4-5,8H2. The summed E-state index contributed by atoms with van der Waals surface area (Å²) < 4.78 is 68.8. The Morgan fingerprint density at radius 2 is 1.80 bits per heavy atom. The average Bonchev–Trinajstić information content (AvgIpc) is 2.54. The molecule has 0 amide bonds. The molecule has 1 atom stereocenters. The van der Waals surface area contributed by atoms with Crippen LogP contribution >= 0.6 is 0 Å². The third-order valence-electron chi connectivity index (χ3n) is 4.41. The predicted molar refractivity (Wildman–Crippen MR) is 84.3 cm³/mol. The van der Waals surface area contributed by atoms with Crippen LogP contribution in [0.3, 0.4) is 0 Å². The number of rotatable bonds is 3. The van der Waals surface area contributed by atoms with Crippen LogP contribution in [0.2, 0.25) is 0 Å². The van der Waals surface area contributed by atoms with Crippen LogP contribution in [0.5, 0.6) is 5.75 Å². The fraction of sp³-hybridized carbons (Fsp3) is 0.263. The Labute approximate surface area is 141 Å². The maximum atomic E-state index is 14.3. The van der Waals surface area contributed by atoms with Crippen LogP contribution in [0, 0.1) is 11.6 Å². The van der Waals surface area contributed by atoms with Crippen molar-refractivity contribution in [1.82, 2.24) is 0 Å². The molecule has 1 aliphatic rings. The number of fused-ring (bicyclic) bond motifs is 1. The number of halogens is 5. The molecule has 0 spiro atoms. The molecule has 1 aliphatic carbocycles. The summed E-state index contributed by atoms with van der Waals surface area (Å²) in [4.78, 5) is 0. The van der Waals surface area contributed by atoms with Gasteiger partial charge in [-0.05, 0) is 65.6 Å². The number of ether oxygens (including phenoxy) is 1. The van der Waals surface area contributed by atoms with Gasteiger partial charge in [-0.25, -0.2) is 8.78 Å². The molecule has 0 saturated carbocycles. The second-order valence-electron chi connectivity index (χ2n) is 6.02. The van der Waals surface area contributed by atoms with Crippen LogP contribution in [-0.2, 0) is 12.8 Å². The Morgan fingerprint density at radius 1 is 1.04 bits per heavy atom. The van der Waals surface area contributed by atoms with Crippen molar-refractivity contribution >= 4 is 6.08 Å². The number of hydrogen-bond acceptors (Lipinski definition) is 1. The molecule has 1 unspecified atom stereocenters. The van der Waals surface area contributed by atoms with E-state index >= 15 is 0 Å². The molecule has 0 aliphatic heterocycles. The van der Waals surface area contributed by atoms with Crippen molar-refractivity contribution in [3.63, 3.8) is 0 Å². The maximum Gasteiger partial charge on any atom is 0.573 e. The summed E-state index contributed by atoms with van der Waals surface area (Å²) in [5.74, 6) is -2.41. The van der Waals surface area contributed by atoms with Gasteiger partial charge in [0.15, 0.2) is 11.6 Å². The van der Waals surface area contributed by atoms with E-state index in [-0.39, 0.29) is 11.7 Å². The molecular weight excluding hydrogens is 339 g/mol. The first kappa shape index (κ1) is 17.5. The third kappa shape index (κ3) is 3.83. The zero-order valence-electron chi connectivity index (χ0n) is 13.2. The average molecular weight is 354 g/mol. The summed E-state index contributed by atoms with van der Waals surface area (Å²) in [5, 5.41) is 0. The van der Waals surface area contributed by atoms with E-state index in [9.17, 15) is 22.0 Å². The van der Waals surface area contributed by atoms with Crippen LogP contribution in [0.4, 0.5) is 22.0 Å². The van der Waals surface area contributed by atoms with Gasteiger partial charge < -0.3 is 4.74 Å². The Balaban J connectivity index is 1.87. The molecule has 25 heavy (non-hydrogen) atoms. The first-order valence-corrected chi connectivity index (χ1v) is 7.76. The summed E-state index contributed by atoms with van der Waals surface area (Å²) >= 11 is 0. The molecule has 3 rings (SSSR count). The summed E-state index contributed by atoms with van der Waals surface area (Å²) in [6, 6.07) is 6.96. The largest absolute Gasteiger partial charge is 0.573 e. The Morgan fingerprint density at radius 3 is 2.44 bits per heavy atom. The molecule has 2 aromatic carbocycles. The van der Waals surface area contributed by atoms with Gasteiger partial charge in [0.2, 0.25) is 0 Å². The summed E-state index contributed by atoms with van der Waals surface area (Å²) in [5.41, 5.74) is 2.36. The highest BCUT2D eigenvalue weighted by Crippen LogP contribution is 2.37. The number of aryl methyl sites for hydroxylation is 1. The van der Waals surface area contributed by atoms with Crippen LogP contribution in [-0.4, -0.2) is 6.36 Å². The SMILES string of the molecule is C=Cc1ccc(C2CCc3cc(OC(F)(F)F)c(F)cc3C2)c(F)c1. The Bertz CT molecular complexity index is 810. The van der Waals surface area contributed by atoms with E-state index in [1.165, 1.54) is 6.07 Å². The Hall–Kier alpha value is -2.37. The Kier molecular flexibility index (Phi) is 4.54. The van der Waals surface area contributed by atoms with Crippen molar-refractivity contribution < 1.29 is 26.7 Å². The molecule has 2 aromatic rings. The zero-order chi connectivity index (χ0) is 18.2. The van der Waals surface area contributed by atoms with Gasteiger partial charge in [-0.1, -0.05) is 24.8 Å². The topological polar surface area (TPSA) is 9.23 Å². The van der Waals surface area contributed by atoms with E-state index in [1.807, 2.05) is 0 Å². The monoisotopic (exact) mass is 354 g/mol. The molecule has 132 valence electrons. The van der Waals surface area contributed by atoms with Gasteiger partial charge in [-0.2, -0.15) is 0 Å². The fourth-order valence-electron chi connectivity index (χ4n) is 3.23. The van der Waals surface area contributed by atoms with Crippen molar-refractivity contribution in [2.75, 3.05) is 0 Å². The lowest BCUT2D eigenvalue weighted by Gasteiger charge is -2.26. The number of benzene rings is 2. The molecule has 1 nitrogen and oxygen atoms in total. The van der Waals surface area contributed by atoms with Crippen LogP contribution < -0.4 is 4.74 Å². The maximum absolute atomic E-state index is 14.3. The molecule has 0 aromatic heterocycles. The molecule has 0 saturated heterocycles. The van der Waals surface area contributed by atoms with Crippen molar-refractivity contribution in [3.05, 3.63) is 70.8 Å². The molecule has 0 N–H and O–H groups in total. The summed E-state index contributed by atoms with van der Waals surface area (Å²) in [6.45, 7) is 3.59. The van der Waals surface area contributed by atoms with E-state index in [2.05, 4.69) is 11.3 Å². The zero-order valence-corrected chi connectivity index (χ0v) is 13.2. The molecular formula is C19H15F5O. The first-order valence-electron chi connectivity index (χ1n) is 7.76. The van der Waals surface area contributed by atoms with Crippen molar-refractivity contribution in [1.29, 1.82) is 0 Å². The van der Waals surface area contributed by atoms with E-state index in [0.717, 1.165) is 12.1 Å². The summed E-state index contributed by atoms with van der Waals surface area (Å²) in [7, 11) is 0. The van der Waals surface area contributed by atoms with Gasteiger partial charge in [0.25, 0.3) is 0 Å². The minimum atomic E-state index is -4.94. The molecule has 0 fully saturated rings. The van der Waals surface area contributed by atoms with Crippen LogP contribution in [0.15, 0.2) is 36.9 Å².